The highest BCUT2D eigenvalue weighted by Gasteiger charge is 2.66. The Morgan fingerprint density at radius 3 is 1.71 bits per heavy atom. The summed E-state index contributed by atoms with van der Waals surface area (Å²) in [5.74, 6) is 0.210. The summed E-state index contributed by atoms with van der Waals surface area (Å²) >= 11 is 0. The van der Waals surface area contributed by atoms with Gasteiger partial charge in [-0.05, 0) is 24.3 Å². The van der Waals surface area contributed by atoms with Crippen LogP contribution in [-0.4, -0.2) is 22.2 Å². The lowest BCUT2D eigenvalue weighted by atomic mass is 10.3. The summed E-state index contributed by atoms with van der Waals surface area (Å²) in [6.07, 6.45) is 0. The van der Waals surface area contributed by atoms with Crippen LogP contribution in [0.3, 0.4) is 0 Å². The molecule has 130 valence electrons. The molecule has 2 N–H and O–H groups in total. The lowest BCUT2D eigenvalue weighted by Crippen LogP contribution is -2.41. The van der Waals surface area contributed by atoms with E-state index in [1.54, 1.807) is 36.4 Å². The highest BCUT2D eigenvalue weighted by molar-refractivity contribution is 7.76. The molecule has 0 aliphatic carbocycles. The van der Waals surface area contributed by atoms with E-state index in [0.29, 0.717) is 0 Å². The van der Waals surface area contributed by atoms with Gasteiger partial charge in [0, 0.05) is 14.0 Å². The maximum atomic E-state index is 13.3. The molecule has 9 heteroatoms. The quantitative estimate of drug-likeness (QED) is 0.720. The number of hydrogen-bond acceptors (Lipinski definition) is 6. The lowest BCUT2D eigenvalue weighted by Gasteiger charge is -2.38. The molecule has 0 bridgehead atoms. The van der Waals surface area contributed by atoms with E-state index in [0.717, 1.165) is 14.0 Å². The Labute approximate surface area is 140 Å². The van der Waals surface area contributed by atoms with Crippen LogP contribution in [0, 0.1) is 0 Å². The molecule has 2 rings (SSSR count). The van der Waals surface area contributed by atoms with Crippen LogP contribution >= 0.6 is 15.5 Å². The maximum Gasteiger partial charge on any atom is 0.404 e. The van der Waals surface area contributed by atoms with Crippen LogP contribution in [0.15, 0.2) is 60.7 Å². The van der Waals surface area contributed by atoms with E-state index in [1.165, 1.54) is 24.3 Å². The highest BCUT2D eigenvalue weighted by Crippen LogP contribution is 2.75. The maximum absolute atomic E-state index is 13.3. The molecule has 7 nitrogen and oxygen atoms in total. The summed E-state index contributed by atoms with van der Waals surface area (Å²) < 4.78 is 27.3. The second-order valence-corrected chi connectivity index (χ2v) is 9.84. The van der Waals surface area contributed by atoms with E-state index >= 15 is 0 Å². The summed E-state index contributed by atoms with van der Waals surface area (Å²) in [6, 6.07) is 15.8. The van der Waals surface area contributed by atoms with Crippen molar-refractivity contribution in [3.8, 4) is 11.5 Å². The molecule has 0 spiro atoms. The molecule has 0 fully saturated rings. The molecule has 2 atom stereocenters. The van der Waals surface area contributed by atoms with Crippen molar-refractivity contribution in [1.29, 1.82) is 0 Å². The Hall–Kier alpha value is -1.46. The topological polar surface area (TPSA) is 108 Å². The molecular formula is C15H18O7P2. The van der Waals surface area contributed by atoms with Crippen molar-refractivity contribution in [1.82, 2.24) is 0 Å². The first-order chi connectivity index (χ1) is 11.2. The summed E-state index contributed by atoms with van der Waals surface area (Å²) in [4.78, 5) is 23.2. The molecular weight excluding hydrogens is 354 g/mol. The minimum Gasteiger partial charge on any atom is -0.614 e. The van der Waals surface area contributed by atoms with Crippen molar-refractivity contribution in [2.24, 2.45) is 0 Å². The van der Waals surface area contributed by atoms with Gasteiger partial charge >= 0.3 is 20.6 Å². The first-order valence-corrected chi connectivity index (χ1v) is 10.0. The minimum atomic E-state index is -4.73. The van der Waals surface area contributed by atoms with Crippen LogP contribution in [0.5, 0.6) is 11.5 Å². The molecule has 2 aromatic carbocycles. The van der Waals surface area contributed by atoms with Crippen LogP contribution < -0.4 is 13.9 Å². The average Bonchev–Trinajstić information content (AvgIpc) is 2.56. The van der Waals surface area contributed by atoms with Crippen molar-refractivity contribution in [2.45, 2.75) is 12.0 Å². The van der Waals surface area contributed by atoms with Gasteiger partial charge in [0.15, 0.2) is 11.5 Å². The Bertz CT molecular complexity index is 665. The van der Waals surface area contributed by atoms with Gasteiger partial charge < -0.3 is 28.5 Å². The third kappa shape index (κ3) is 3.78. The van der Waals surface area contributed by atoms with Crippen molar-refractivity contribution in [3.63, 3.8) is 0 Å². The molecule has 2 aromatic rings. The lowest BCUT2D eigenvalue weighted by molar-refractivity contribution is -0.215. The molecule has 24 heavy (non-hydrogen) atoms. The van der Waals surface area contributed by atoms with Crippen LogP contribution in [0.4, 0.5) is 0 Å². The molecule has 0 amide bonds. The number of para-hydroxylation sites is 2. The fourth-order valence-electron chi connectivity index (χ4n) is 1.76. The molecule has 0 aromatic heterocycles. The second-order valence-electron chi connectivity index (χ2n) is 4.98. The predicted molar refractivity (Wildman–Crippen MR) is 88.5 cm³/mol. The second kappa shape index (κ2) is 7.19. The van der Waals surface area contributed by atoms with Gasteiger partial charge in [0.25, 0.3) is 0 Å². The van der Waals surface area contributed by atoms with Gasteiger partial charge in [-0.15, -0.1) is 0 Å². The van der Waals surface area contributed by atoms with E-state index in [1.807, 2.05) is 0 Å². The van der Waals surface area contributed by atoms with Crippen LogP contribution in [0.25, 0.3) is 0 Å². The molecule has 0 radical (unpaired) electrons. The normalized spacial score (nSPS) is 16.7. The van der Waals surface area contributed by atoms with Crippen LogP contribution in [0.2, 0.25) is 0 Å². The van der Waals surface area contributed by atoms with E-state index in [9.17, 15) is 19.5 Å². The molecule has 2 unspecified atom stereocenters. The van der Waals surface area contributed by atoms with Crippen molar-refractivity contribution in [3.05, 3.63) is 60.7 Å². The van der Waals surface area contributed by atoms with Gasteiger partial charge in [-0.25, -0.2) is 0 Å². The van der Waals surface area contributed by atoms with Crippen LogP contribution in [-0.2, 0) is 9.09 Å². The fraction of sp³-hybridized carbons (Fsp3) is 0.200. The zero-order valence-electron chi connectivity index (χ0n) is 13.1. The van der Waals surface area contributed by atoms with Gasteiger partial charge in [-0.1, -0.05) is 36.4 Å². The Morgan fingerprint density at radius 1 is 1.00 bits per heavy atom. The SMILES string of the molecule is COP(=O)(O)C(C)(O)[P+]([O-])(Oc1ccccc1)Oc1ccccc1. The minimum absolute atomic E-state index is 0.105. The molecule has 0 heterocycles. The van der Waals surface area contributed by atoms with Crippen LogP contribution in [0.1, 0.15) is 6.92 Å². The third-order valence-electron chi connectivity index (χ3n) is 3.24. The molecule has 0 aliphatic rings. The zero-order chi connectivity index (χ0) is 17.8. The van der Waals surface area contributed by atoms with E-state index in [4.69, 9.17) is 9.05 Å². The van der Waals surface area contributed by atoms with Crippen molar-refractivity contribution >= 4 is 15.5 Å². The first kappa shape index (κ1) is 18.9. The average molecular weight is 372 g/mol. The Kier molecular flexibility index (Phi) is 5.66. The zero-order valence-corrected chi connectivity index (χ0v) is 14.9. The molecule has 0 saturated carbocycles. The van der Waals surface area contributed by atoms with Gasteiger partial charge in [0.2, 0.25) is 0 Å². The number of hydrogen-bond donors (Lipinski definition) is 2. The number of aliphatic hydroxyl groups is 1. The smallest absolute Gasteiger partial charge is 0.404 e. The standard InChI is InChI=1S/C15H18O7P2/c1-15(16,23(17,18)20-2)24(19,21-13-9-5-3-6-10-13)22-14-11-7-4-8-12-14/h3-12,16H,1-2H3,(H,17,18). The summed E-state index contributed by atoms with van der Waals surface area (Å²) in [7, 11) is -8.39. The monoisotopic (exact) mass is 372 g/mol. The van der Waals surface area contributed by atoms with Crippen molar-refractivity contribution < 1.29 is 33.0 Å². The number of benzene rings is 2. The number of rotatable bonds is 7. The van der Waals surface area contributed by atoms with Gasteiger partial charge in [0.1, 0.15) is 0 Å². The summed E-state index contributed by atoms with van der Waals surface area (Å²) in [6.45, 7) is 0.879. The van der Waals surface area contributed by atoms with Gasteiger partial charge in [0.05, 0.1) is 0 Å². The highest BCUT2D eigenvalue weighted by atomic mass is 31.3. The summed E-state index contributed by atoms with van der Waals surface area (Å²) in [5, 5.41) is 7.74. The van der Waals surface area contributed by atoms with E-state index in [-0.39, 0.29) is 11.5 Å². The van der Waals surface area contributed by atoms with E-state index in [2.05, 4.69) is 4.52 Å². The van der Waals surface area contributed by atoms with Gasteiger partial charge in [-0.3, -0.25) is 4.57 Å². The fourth-order valence-corrected chi connectivity index (χ4v) is 5.02. The molecule has 0 saturated heterocycles. The summed E-state index contributed by atoms with van der Waals surface area (Å²) in [5.41, 5.74) is 0. The Morgan fingerprint density at radius 2 is 1.38 bits per heavy atom. The van der Waals surface area contributed by atoms with Gasteiger partial charge in [-0.2, -0.15) is 0 Å². The third-order valence-corrected chi connectivity index (χ3v) is 8.24. The van der Waals surface area contributed by atoms with Crippen molar-refractivity contribution in [2.75, 3.05) is 7.11 Å². The molecule has 0 aliphatic heterocycles. The first-order valence-electron chi connectivity index (χ1n) is 6.92. The Balaban J connectivity index is 2.46. The predicted octanol–water partition coefficient (Wildman–Crippen LogP) is 2.77. The largest absolute Gasteiger partial charge is 0.614 e. The van der Waals surface area contributed by atoms with E-state index < -0.39 is 20.6 Å².